The monoisotopic (exact) mass is 408 g/mol. The molecular formula is C23H24N2O5. The number of benzene rings is 1. The van der Waals surface area contributed by atoms with Crippen LogP contribution < -0.4 is 15.0 Å². The van der Waals surface area contributed by atoms with E-state index in [1.807, 2.05) is 38.1 Å². The van der Waals surface area contributed by atoms with Gasteiger partial charge in [0, 0.05) is 17.3 Å². The minimum absolute atomic E-state index is 0.0369. The lowest BCUT2D eigenvalue weighted by Crippen LogP contribution is -2.22. The second-order valence-electron chi connectivity index (χ2n) is 6.63. The van der Waals surface area contributed by atoms with Crippen LogP contribution in [0.2, 0.25) is 0 Å². The minimum atomic E-state index is -1.09. The molecule has 1 aromatic carbocycles. The number of hydrogen-bond acceptors (Lipinski definition) is 5. The molecule has 0 radical (unpaired) electrons. The summed E-state index contributed by atoms with van der Waals surface area (Å²) in [4.78, 5) is 28.9. The van der Waals surface area contributed by atoms with Crippen molar-refractivity contribution in [3.8, 4) is 11.5 Å². The van der Waals surface area contributed by atoms with Gasteiger partial charge in [-0.05, 0) is 43.7 Å². The van der Waals surface area contributed by atoms with Crippen LogP contribution in [-0.4, -0.2) is 34.2 Å². The molecule has 0 aliphatic rings. The molecule has 0 saturated heterocycles. The van der Waals surface area contributed by atoms with E-state index < -0.39 is 5.97 Å². The molecule has 2 aromatic heterocycles. The molecule has 0 saturated carbocycles. The number of carboxylic acids is 1. The number of pyridine rings is 1. The zero-order valence-electron chi connectivity index (χ0n) is 17.2. The molecule has 0 atom stereocenters. The molecule has 1 N–H and O–H groups in total. The molecule has 156 valence electrons. The third kappa shape index (κ3) is 4.20. The van der Waals surface area contributed by atoms with Gasteiger partial charge in [-0.3, -0.25) is 9.20 Å². The van der Waals surface area contributed by atoms with Gasteiger partial charge in [-0.1, -0.05) is 25.5 Å². The average Bonchev–Trinajstić information content (AvgIpc) is 2.75. The van der Waals surface area contributed by atoms with Gasteiger partial charge in [-0.25, -0.2) is 9.78 Å². The fourth-order valence-electron chi connectivity index (χ4n) is 3.23. The maximum absolute atomic E-state index is 13.0. The summed E-state index contributed by atoms with van der Waals surface area (Å²) < 4.78 is 12.4. The van der Waals surface area contributed by atoms with Crippen LogP contribution >= 0.6 is 0 Å². The third-order valence-corrected chi connectivity index (χ3v) is 4.63. The SMILES string of the molecule is CCCc1c(/C=C/c2cccc(OC)c2OCC)nc2ccc(C(=O)O)cn2c1=O. The Labute approximate surface area is 174 Å². The number of carboxylic acid groups (broad SMARTS) is 1. The predicted molar refractivity (Wildman–Crippen MR) is 116 cm³/mol. The Balaban J connectivity index is 2.14. The second-order valence-corrected chi connectivity index (χ2v) is 6.63. The smallest absolute Gasteiger partial charge is 0.337 e. The molecule has 0 bridgehead atoms. The molecule has 0 fully saturated rings. The van der Waals surface area contributed by atoms with Crippen molar-refractivity contribution in [3.63, 3.8) is 0 Å². The molecule has 2 heterocycles. The van der Waals surface area contributed by atoms with Gasteiger partial charge >= 0.3 is 5.97 Å². The molecule has 0 spiro atoms. The summed E-state index contributed by atoms with van der Waals surface area (Å²) in [6, 6.07) is 8.56. The van der Waals surface area contributed by atoms with Crippen LogP contribution in [0.15, 0.2) is 41.3 Å². The van der Waals surface area contributed by atoms with Crippen LogP contribution in [0.1, 0.15) is 47.4 Å². The molecule has 30 heavy (non-hydrogen) atoms. The predicted octanol–water partition coefficient (Wildman–Crippen LogP) is 3.92. The molecule has 7 nitrogen and oxygen atoms in total. The first-order valence-corrected chi connectivity index (χ1v) is 9.76. The summed E-state index contributed by atoms with van der Waals surface area (Å²) in [7, 11) is 1.59. The van der Waals surface area contributed by atoms with Crippen molar-refractivity contribution < 1.29 is 19.4 Å². The van der Waals surface area contributed by atoms with E-state index in [-0.39, 0.29) is 11.1 Å². The van der Waals surface area contributed by atoms with Gasteiger partial charge in [0.05, 0.1) is 25.0 Å². The quantitative estimate of drug-likeness (QED) is 0.608. The van der Waals surface area contributed by atoms with Gasteiger partial charge in [0.1, 0.15) is 5.65 Å². The largest absolute Gasteiger partial charge is 0.493 e. The number of methoxy groups -OCH3 is 1. The topological polar surface area (TPSA) is 90.1 Å². The van der Waals surface area contributed by atoms with E-state index in [1.54, 1.807) is 13.2 Å². The standard InChI is InChI=1S/C23H24N2O5/c1-4-7-17-18(12-10-15-8-6-9-19(29-3)21(15)30-5-2)24-20-13-11-16(23(27)28)14-25(20)22(17)26/h6,8-14H,4-5,7H2,1-3H3,(H,27,28)/b12-10+. The van der Waals surface area contributed by atoms with Crippen molar-refractivity contribution in [1.82, 2.24) is 9.38 Å². The Morgan fingerprint density at radius 1 is 1.20 bits per heavy atom. The van der Waals surface area contributed by atoms with Gasteiger partial charge in [0.2, 0.25) is 0 Å². The van der Waals surface area contributed by atoms with Gasteiger partial charge in [-0.15, -0.1) is 0 Å². The van der Waals surface area contributed by atoms with Crippen molar-refractivity contribution in [2.75, 3.05) is 13.7 Å². The van der Waals surface area contributed by atoms with Crippen LogP contribution in [-0.2, 0) is 6.42 Å². The van der Waals surface area contributed by atoms with E-state index in [0.29, 0.717) is 41.4 Å². The number of aromatic nitrogens is 2. The first kappa shape index (κ1) is 21.1. The van der Waals surface area contributed by atoms with E-state index in [0.717, 1.165) is 12.0 Å². The molecule has 3 aromatic rings. The summed E-state index contributed by atoms with van der Waals surface area (Å²) in [6.07, 6.45) is 6.23. The Morgan fingerprint density at radius 3 is 2.67 bits per heavy atom. The van der Waals surface area contributed by atoms with Crippen LogP contribution in [0.5, 0.6) is 11.5 Å². The lowest BCUT2D eigenvalue weighted by atomic mass is 10.1. The second kappa shape index (κ2) is 9.26. The van der Waals surface area contributed by atoms with Crippen LogP contribution in [0.3, 0.4) is 0 Å². The third-order valence-electron chi connectivity index (χ3n) is 4.63. The molecule has 3 rings (SSSR count). The number of carbonyl (C=O) groups is 1. The van der Waals surface area contributed by atoms with Gasteiger partial charge in [-0.2, -0.15) is 0 Å². The number of fused-ring (bicyclic) bond motifs is 1. The van der Waals surface area contributed by atoms with Gasteiger partial charge < -0.3 is 14.6 Å². The summed E-state index contributed by atoms with van der Waals surface area (Å²) in [5.74, 6) is 0.159. The maximum atomic E-state index is 13.0. The van der Waals surface area contributed by atoms with Crippen molar-refractivity contribution >= 4 is 23.8 Å². The van der Waals surface area contributed by atoms with Crippen molar-refractivity contribution in [2.45, 2.75) is 26.7 Å². The minimum Gasteiger partial charge on any atom is -0.493 e. The fourth-order valence-corrected chi connectivity index (χ4v) is 3.23. The highest BCUT2D eigenvalue weighted by molar-refractivity contribution is 5.87. The molecule has 0 unspecified atom stereocenters. The van der Waals surface area contributed by atoms with Crippen LogP contribution in [0.4, 0.5) is 0 Å². The van der Waals surface area contributed by atoms with Crippen LogP contribution in [0, 0.1) is 0 Å². The summed E-state index contributed by atoms with van der Waals surface area (Å²) in [5.41, 5.74) is 2.06. The van der Waals surface area contributed by atoms with Crippen molar-refractivity contribution in [1.29, 1.82) is 0 Å². The number of nitrogens with zero attached hydrogens (tertiary/aromatic N) is 2. The average molecular weight is 408 g/mol. The Hall–Kier alpha value is -3.61. The summed E-state index contributed by atoms with van der Waals surface area (Å²) in [6.45, 7) is 4.37. The fraction of sp³-hybridized carbons (Fsp3) is 0.261. The van der Waals surface area contributed by atoms with Gasteiger partial charge in [0.15, 0.2) is 11.5 Å². The Morgan fingerprint density at radius 2 is 2.00 bits per heavy atom. The summed E-state index contributed by atoms with van der Waals surface area (Å²) in [5, 5.41) is 9.22. The number of rotatable bonds is 8. The maximum Gasteiger partial charge on any atom is 0.337 e. The molecule has 7 heteroatoms. The number of ether oxygens (including phenoxy) is 2. The highest BCUT2D eigenvalue weighted by Gasteiger charge is 2.13. The normalized spacial score (nSPS) is 11.2. The zero-order valence-corrected chi connectivity index (χ0v) is 17.2. The molecule has 0 amide bonds. The number of aromatic carboxylic acids is 1. The highest BCUT2D eigenvalue weighted by atomic mass is 16.5. The van der Waals surface area contributed by atoms with Crippen molar-refractivity contribution in [2.24, 2.45) is 0 Å². The zero-order chi connectivity index (χ0) is 21.7. The van der Waals surface area contributed by atoms with Crippen molar-refractivity contribution in [3.05, 3.63) is 69.3 Å². The van der Waals surface area contributed by atoms with E-state index >= 15 is 0 Å². The van der Waals surface area contributed by atoms with Crippen LogP contribution in [0.25, 0.3) is 17.8 Å². The lowest BCUT2D eigenvalue weighted by Gasteiger charge is -2.12. The Bertz CT molecular complexity index is 1160. The molecule has 0 aliphatic carbocycles. The Kier molecular flexibility index (Phi) is 6.51. The summed E-state index contributed by atoms with van der Waals surface area (Å²) >= 11 is 0. The first-order chi connectivity index (χ1) is 14.5. The highest BCUT2D eigenvalue weighted by Crippen LogP contribution is 2.32. The molecular weight excluding hydrogens is 384 g/mol. The first-order valence-electron chi connectivity index (χ1n) is 9.76. The lowest BCUT2D eigenvalue weighted by molar-refractivity contribution is 0.0696. The van der Waals surface area contributed by atoms with E-state index in [9.17, 15) is 14.7 Å². The molecule has 0 aliphatic heterocycles. The van der Waals surface area contributed by atoms with E-state index in [2.05, 4.69) is 4.98 Å². The van der Waals surface area contributed by atoms with E-state index in [4.69, 9.17) is 9.47 Å². The van der Waals surface area contributed by atoms with Gasteiger partial charge in [0.25, 0.3) is 5.56 Å². The number of hydrogen-bond donors (Lipinski definition) is 1. The van der Waals surface area contributed by atoms with E-state index in [1.165, 1.54) is 22.7 Å². The number of para-hydroxylation sites is 1.